The Bertz CT molecular complexity index is 522. The number of nitrogens with one attached hydrogen (secondary N) is 1. The van der Waals surface area contributed by atoms with Crippen molar-refractivity contribution in [2.24, 2.45) is 0 Å². The zero-order valence-corrected chi connectivity index (χ0v) is 13.2. The number of benzene rings is 1. The number of aromatic nitrogens is 1. The third-order valence-corrected chi connectivity index (χ3v) is 3.91. The van der Waals surface area contributed by atoms with Crippen LogP contribution in [0.1, 0.15) is 36.5 Å². The summed E-state index contributed by atoms with van der Waals surface area (Å²) in [5.41, 5.74) is 4.17. The molecule has 2 aromatic rings. The Kier molecular flexibility index (Phi) is 6.42. The first-order valence-corrected chi connectivity index (χ1v) is 7.96. The van der Waals surface area contributed by atoms with Crippen molar-refractivity contribution in [2.75, 3.05) is 6.54 Å². The van der Waals surface area contributed by atoms with Crippen LogP contribution >= 0.6 is 0 Å². The molecule has 21 heavy (non-hydrogen) atoms. The lowest BCUT2D eigenvalue weighted by atomic mass is 9.97. The van der Waals surface area contributed by atoms with Crippen molar-refractivity contribution >= 4 is 0 Å². The molecule has 0 aliphatic rings. The number of aryl methyl sites for hydroxylation is 2. The molecule has 0 fully saturated rings. The second-order valence-electron chi connectivity index (χ2n) is 5.68. The van der Waals surface area contributed by atoms with Crippen LogP contribution in [0.25, 0.3) is 0 Å². The summed E-state index contributed by atoms with van der Waals surface area (Å²) in [6.07, 6.45) is 8.33. The van der Waals surface area contributed by atoms with E-state index in [0.29, 0.717) is 6.04 Å². The maximum atomic E-state index is 4.20. The summed E-state index contributed by atoms with van der Waals surface area (Å²) in [6.45, 7) is 5.51. The first-order valence-electron chi connectivity index (χ1n) is 7.96. The topological polar surface area (TPSA) is 24.9 Å². The Labute approximate surface area is 128 Å². The summed E-state index contributed by atoms with van der Waals surface area (Å²) in [5.74, 6) is 0. The van der Waals surface area contributed by atoms with Gasteiger partial charge in [-0.05, 0) is 61.9 Å². The van der Waals surface area contributed by atoms with Crippen molar-refractivity contribution in [3.63, 3.8) is 0 Å². The Morgan fingerprint density at radius 3 is 2.71 bits per heavy atom. The standard InChI is InChI=1S/C19H26N2/c1-3-12-21-19(11-10-17-8-6-13-20-15-17)14-18-9-5-4-7-16(18)2/h4-9,13,15,19,21H,3,10-12,14H2,1-2H3. The van der Waals surface area contributed by atoms with Crippen molar-refractivity contribution < 1.29 is 0 Å². The maximum absolute atomic E-state index is 4.20. The van der Waals surface area contributed by atoms with Gasteiger partial charge in [-0.15, -0.1) is 0 Å². The average molecular weight is 282 g/mol. The summed E-state index contributed by atoms with van der Waals surface area (Å²) < 4.78 is 0. The van der Waals surface area contributed by atoms with Gasteiger partial charge in [-0.1, -0.05) is 37.3 Å². The highest BCUT2D eigenvalue weighted by atomic mass is 14.9. The summed E-state index contributed by atoms with van der Waals surface area (Å²) in [6, 6.07) is 13.4. The van der Waals surface area contributed by atoms with Gasteiger partial charge >= 0.3 is 0 Å². The molecule has 2 rings (SSSR count). The van der Waals surface area contributed by atoms with Gasteiger partial charge in [0.15, 0.2) is 0 Å². The fourth-order valence-corrected chi connectivity index (χ4v) is 2.62. The van der Waals surface area contributed by atoms with Crippen molar-refractivity contribution in [3.8, 4) is 0 Å². The van der Waals surface area contributed by atoms with Gasteiger partial charge in [0.2, 0.25) is 0 Å². The Hall–Kier alpha value is -1.67. The lowest BCUT2D eigenvalue weighted by molar-refractivity contribution is 0.476. The van der Waals surface area contributed by atoms with E-state index in [4.69, 9.17) is 0 Å². The molecule has 0 bridgehead atoms. The van der Waals surface area contributed by atoms with Gasteiger partial charge in [-0.25, -0.2) is 0 Å². The van der Waals surface area contributed by atoms with E-state index in [1.807, 2.05) is 18.5 Å². The fraction of sp³-hybridized carbons (Fsp3) is 0.421. The average Bonchev–Trinajstić information content (AvgIpc) is 2.53. The molecule has 0 radical (unpaired) electrons. The van der Waals surface area contributed by atoms with E-state index in [2.05, 4.69) is 54.5 Å². The predicted molar refractivity (Wildman–Crippen MR) is 89.5 cm³/mol. The van der Waals surface area contributed by atoms with Gasteiger partial charge in [0.05, 0.1) is 0 Å². The molecule has 0 spiro atoms. The highest BCUT2D eigenvalue weighted by molar-refractivity contribution is 5.26. The number of hydrogen-bond acceptors (Lipinski definition) is 2. The van der Waals surface area contributed by atoms with Gasteiger partial charge < -0.3 is 5.32 Å². The van der Waals surface area contributed by atoms with Crippen LogP contribution in [-0.2, 0) is 12.8 Å². The quantitative estimate of drug-likeness (QED) is 0.793. The third-order valence-electron chi connectivity index (χ3n) is 3.91. The van der Waals surface area contributed by atoms with Crippen LogP contribution in [0.3, 0.4) is 0 Å². The molecule has 0 aliphatic heterocycles. The molecule has 0 saturated carbocycles. The van der Waals surface area contributed by atoms with E-state index < -0.39 is 0 Å². The minimum Gasteiger partial charge on any atom is -0.314 e. The monoisotopic (exact) mass is 282 g/mol. The first kappa shape index (κ1) is 15.7. The SMILES string of the molecule is CCCNC(CCc1cccnc1)Cc1ccccc1C. The molecule has 112 valence electrons. The van der Waals surface area contributed by atoms with E-state index in [1.165, 1.54) is 23.1 Å². The van der Waals surface area contributed by atoms with Gasteiger partial charge in [0, 0.05) is 18.4 Å². The highest BCUT2D eigenvalue weighted by Crippen LogP contribution is 2.13. The minimum absolute atomic E-state index is 0.534. The summed E-state index contributed by atoms with van der Waals surface area (Å²) in [7, 11) is 0. The zero-order valence-electron chi connectivity index (χ0n) is 13.2. The van der Waals surface area contributed by atoms with Crippen LogP contribution in [0.5, 0.6) is 0 Å². The molecular formula is C19H26N2. The predicted octanol–water partition coefficient (Wildman–Crippen LogP) is 3.93. The molecule has 0 aliphatic carbocycles. The number of rotatable bonds is 8. The number of pyridine rings is 1. The summed E-state index contributed by atoms with van der Waals surface area (Å²) in [4.78, 5) is 4.20. The first-order chi connectivity index (χ1) is 10.3. The molecule has 2 nitrogen and oxygen atoms in total. The number of nitrogens with zero attached hydrogens (tertiary/aromatic N) is 1. The minimum atomic E-state index is 0.534. The molecule has 1 aromatic heterocycles. The lowest BCUT2D eigenvalue weighted by Gasteiger charge is -2.19. The van der Waals surface area contributed by atoms with E-state index >= 15 is 0 Å². The maximum Gasteiger partial charge on any atom is 0.0299 e. The Morgan fingerprint density at radius 1 is 1.14 bits per heavy atom. The second kappa shape index (κ2) is 8.58. The van der Waals surface area contributed by atoms with Gasteiger partial charge in [-0.2, -0.15) is 0 Å². The molecule has 0 amide bonds. The molecule has 1 aromatic carbocycles. The molecular weight excluding hydrogens is 256 g/mol. The van der Waals surface area contributed by atoms with Gasteiger partial charge in [0.1, 0.15) is 0 Å². The van der Waals surface area contributed by atoms with E-state index in [-0.39, 0.29) is 0 Å². The fourth-order valence-electron chi connectivity index (χ4n) is 2.62. The molecule has 1 heterocycles. The molecule has 1 N–H and O–H groups in total. The highest BCUT2D eigenvalue weighted by Gasteiger charge is 2.10. The summed E-state index contributed by atoms with van der Waals surface area (Å²) in [5, 5.41) is 3.69. The van der Waals surface area contributed by atoms with Crippen molar-refractivity contribution in [2.45, 2.75) is 45.6 Å². The van der Waals surface area contributed by atoms with E-state index in [0.717, 1.165) is 25.8 Å². The third kappa shape index (κ3) is 5.31. The van der Waals surface area contributed by atoms with Crippen LogP contribution in [0, 0.1) is 6.92 Å². The van der Waals surface area contributed by atoms with Crippen LogP contribution in [-0.4, -0.2) is 17.6 Å². The number of hydrogen-bond donors (Lipinski definition) is 1. The molecule has 0 saturated heterocycles. The van der Waals surface area contributed by atoms with Crippen molar-refractivity contribution in [1.82, 2.24) is 10.3 Å². The van der Waals surface area contributed by atoms with E-state index in [9.17, 15) is 0 Å². The molecule has 1 atom stereocenters. The van der Waals surface area contributed by atoms with Crippen LogP contribution in [0.4, 0.5) is 0 Å². The normalized spacial score (nSPS) is 12.3. The second-order valence-corrected chi connectivity index (χ2v) is 5.68. The van der Waals surface area contributed by atoms with Gasteiger partial charge in [-0.3, -0.25) is 4.98 Å². The van der Waals surface area contributed by atoms with Crippen LogP contribution < -0.4 is 5.32 Å². The van der Waals surface area contributed by atoms with E-state index in [1.54, 1.807) is 0 Å². The Morgan fingerprint density at radius 2 is 2.00 bits per heavy atom. The van der Waals surface area contributed by atoms with Gasteiger partial charge in [0.25, 0.3) is 0 Å². The summed E-state index contributed by atoms with van der Waals surface area (Å²) >= 11 is 0. The molecule has 2 heteroatoms. The zero-order chi connectivity index (χ0) is 14.9. The van der Waals surface area contributed by atoms with Crippen molar-refractivity contribution in [1.29, 1.82) is 0 Å². The largest absolute Gasteiger partial charge is 0.314 e. The van der Waals surface area contributed by atoms with Crippen LogP contribution in [0.15, 0.2) is 48.8 Å². The lowest BCUT2D eigenvalue weighted by Crippen LogP contribution is -2.32. The van der Waals surface area contributed by atoms with Crippen molar-refractivity contribution in [3.05, 3.63) is 65.5 Å². The van der Waals surface area contributed by atoms with Crippen LogP contribution in [0.2, 0.25) is 0 Å². The Balaban J connectivity index is 1.96. The molecule has 1 unspecified atom stereocenters. The smallest absolute Gasteiger partial charge is 0.0299 e.